The summed E-state index contributed by atoms with van der Waals surface area (Å²) in [6.07, 6.45) is 0. The van der Waals surface area contributed by atoms with Crippen molar-refractivity contribution in [2.45, 2.75) is 0 Å². The van der Waals surface area contributed by atoms with Crippen molar-refractivity contribution in [2.24, 2.45) is 0 Å². The maximum absolute atomic E-state index is 8.76. The van der Waals surface area contributed by atoms with Gasteiger partial charge in [0.15, 0.2) is 0 Å². The minimum Gasteiger partial charge on any atom is -1.00 e. The van der Waals surface area contributed by atoms with E-state index in [1.807, 2.05) is 0 Å². The van der Waals surface area contributed by atoms with Crippen LogP contribution < -0.4 is 42.0 Å². The maximum Gasteiger partial charge on any atom is 1.00 e. The third-order valence-corrected chi connectivity index (χ3v) is 0. The Kier molecular flexibility index (Phi) is 25.4. The van der Waals surface area contributed by atoms with Crippen molar-refractivity contribution in [3.63, 3.8) is 0 Å². The Morgan fingerprint density at radius 1 is 1.33 bits per heavy atom. The van der Waals surface area contributed by atoms with E-state index in [2.05, 4.69) is 0 Å². The predicted octanol–water partition coefficient (Wildman–Crippen LogP) is -7.61. The first-order valence-electron chi connectivity index (χ1n) is 0.532. The molecule has 0 fully saturated rings. The molecule has 0 unspecified atom stereocenters. The van der Waals surface area contributed by atoms with Crippen molar-refractivity contribution in [3.05, 3.63) is 0 Å². The Morgan fingerprint density at radius 2 is 1.33 bits per heavy atom. The van der Waals surface area contributed by atoms with Crippen LogP contribution in [0.4, 0.5) is 0 Å². The Bertz CT molecular complexity index is 33.8. The molecular weight excluding hydrogens is 185 g/mol. The van der Waals surface area contributed by atoms with Gasteiger partial charge in [-0.15, -0.1) is 0 Å². The molecule has 0 bridgehead atoms. The fourth-order valence-electron chi connectivity index (χ4n) is 0. The van der Waals surface area contributed by atoms with Crippen molar-refractivity contribution in [3.8, 4) is 0 Å². The molecule has 0 heterocycles. The molecule has 0 saturated heterocycles. The van der Waals surface area contributed by atoms with Crippen LogP contribution >= 0.6 is 0 Å². The van der Waals surface area contributed by atoms with E-state index in [4.69, 9.17) is 12.2 Å². The van der Waals surface area contributed by atoms with Crippen LogP contribution in [-0.4, -0.2) is 22.9 Å². The van der Waals surface area contributed by atoms with Crippen LogP contribution in [0, 0.1) is 0 Å². The first-order valence-corrected chi connectivity index (χ1v) is 2.76. The van der Waals surface area contributed by atoms with Gasteiger partial charge in [0.2, 0.25) is 0 Å². The zero-order valence-electron chi connectivity index (χ0n) is 3.09. The Balaban J connectivity index is -0.0000000450. The van der Waals surface area contributed by atoms with Crippen LogP contribution in [0.25, 0.3) is 0 Å². The van der Waals surface area contributed by atoms with Crippen molar-refractivity contribution in [1.29, 1.82) is 0 Å². The molecule has 0 amide bonds. The van der Waals surface area contributed by atoms with Gasteiger partial charge in [-0.1, -0.05) is 0 Å². The van der Waals surface area contributed by atoms with Gasteiger partial charge in [0.25, 0.3) is 0 Å². The Morgan fingerprint density at radius 3 is 1.33 bits per heavy atom. The van der Waals surface area contributed by atoms with E-state index in [1.54, 1.807) is 0 Å². The van der Waals surface area contributed by atoms with Gasteiger partial charge < -0.3 is 12.4 Å². The Hall–Kier alpha value is 1.53. The first kappa shape index (κ1) is 15.6. The van der Waals surface area contributed by atoms with Gasteiger partial charge in [-0.25, -0.2) is 0 Å². The zero-order valence-corrected chi connectivity index (χ0v) is 7.56. The number of rotatable bonds is 0. The fraction of sp³-hybridized carbons (Fsp3) is 0. The third-order valence-electron chi connectivity index (χ3n) is 0. The zero-order chi connectivity index (χ0) is 3.58. The second-order valence-corrected chi connectivity index (χ2v) is 1.20. The third kappa shape index (κ3) is 48.5. The summed E-state index contributed by atoms with van der Waals surface area (Å²) in [7, 11) is 0. The molecule has 0 saturated carbocycles. The summed E-state index contributed by atoms with van der Waals surface area (Å²) in [6, 6.07) is 0. The van der Waals surface area contributed by atoms with Crippen LogP contribution in [0.15, 0.2) is 0 Å². The summed E-state index contributed by atoms with van der Waals surface area (Å²) in [4.78, 5) is 0. The monoisotopic (exact) mass is 188 g/mol. The van der Waals surface area contributed by atoms with Gasteiger partial charge in [-0.3, -0.25) is 0 Å². The molecule has 0 aliphatic rings. The minimum absolute atomic E-state index is 0. The van der Waals surface area contributed by atoms with E-state index >= 15 is 0 Å². The molecule has 0 radical (unpaired) electrons. The topological polar surface area (TPSA) is 57.5 Å². The largest absolute Gasteiger partial charge is 1.00 e. The average molecular weight is 187 g/mol. The van der Waals surface area contributed by atoms with Crippen LogP contribution in [0.1, 0.15) is 0 Å². The maximum atomic E-state index is 8.76. The molecule has 0 aromatic heterocycles. The van der Waals surface area contributed by atoms with Crippen molar-refractivity contribution in [1.82, 2.24) is 0 Å². The van der Waals surface area contributed by atoms with Gasteiger partial charge in [-0.2, -0.15) is 0 Å². The SMILES string of the molecule is O=[Se](O)O.[Cl-].[Na+]. The van der Waals surface area contributed by atoms with E-state index in [9.17, 15) is 0 Å². The number of halogens is 1. The van der Waals surface area contributed by atoms with Crippen molar-refractivity contribution in [2.75, 3.05) is 0 Å². The standard InChI is InChI=1S/ClH.Na.H2O3Se/c;;1-4(2)3/h1H;;(H2,1,2,3)/q;+1;/p-1. The molecule has 3 nitrogen and oxygen atoms in total. The number of hydrogen-bond donors (Lipinski definition) is 2. The summed E-state index contributed by atoms with van der Waals surface area (Å²) < 4.78 is 23.1. The quantitative estimate of drug-likeness (QED) is 0.371. The van der Waals surface area contributed by atoms with Gasteiger partial charge >= 0.3 is 56.3 Å². The molecule has 0 rings (SSSR count). The van der Waals surface area contributed by atoms with Crippen LogP contribution in [0.2, 0.25) is 0 Å². The number of hydrogen-bond acceptors (Lipinski definition) is 1. The van der Waals surface area contributed by atoms with Gasteiger partial charge in [0, 0.05) is 0 Å². The van der Waals surface area contributed by atoms with Crippen LogP contribution in [0.3, 0.4) is 0 Å². The second kappa shape index (κ2) is 9.73. The van der Waals surface area contributed by atoms with Crippen molar-refractivity contribution < 1.29 is 54.2 Å². The molecule has 0 spiro atoms. The molecule has 0 aromatic carbocycles. The van der Waals surface area contributed by atoms with E-state index in [1.165, 1.54) is 0 Å². The normalized spacial score (nSPS) is 5.83. The van der Waals surface area contributed by atoms with E-state index in [-0.39, 0.29) is 42.0 Å². The predicted molar refractivity (Wildman–Crippen MR) is 10.9 cm³/mol. The van der Waals surface area contributed by atoms with Crippen LogP contribution in [-0.2, 0) is 3.83 Å². The molecule has 6 heteroatoms. The molecular formula is H2ClNaO3Se. The van der Waals surface area contributed by atoms with E-state index in [0.29, 0.717) is 0 Å². The van der Waals surface area contributed by atoms with E-state index < -0.39 is 14.5 Å². The van der Waals surface area contributed by atoms with Gasteiger partial charge in [0.1, 0.15) is 0 Å². The minimum atomic E-state index is -3.29. The smallest absolute Gasteiger partial charge is 1.00 e. The summed E-state index contributed by atoms with van der Waals surface area (Å²) in [6.45, 7) is 0. The first-order chi connectivity index (χ1) is 1.73. The van der Waals surface area contributed by atoms with Gasteiger partial charge in [0.05, 0.1) is 0 Å². The van der Waals surface area contributed by atoms with E-state index in [0.717, 1.165) is 0 Å². The average Bonchev–Trinajstić information content (AvgIpc) is 0.811. The van der Waals surface area contributed by atoms with Crippen molar-refractivity contribution >= 4 is 14.5 Å². The molecule has 0 aromatic rings. The van der Waals surface area contributed by atoms with Gasteiger partial charge in [-0.05, 0) is 0 Å². The molecule has 0 atom stereocenters. The molecule has 2 N–H and O–H groups in total. The summed E-state index contributed by atoms with van der Waals surface area (Å²) in [5.74, 6) is 0. The second-order valence-electron chi connectivity index (χ2n) is 0.231. The summed E-state index contributed by atoms with van der Waals surface area (Å²) in [5, 5.41) is 0. The summed E-state index contributed by atoms with van der Waals surface area (Å²) in [5.41, 5.74) is 0. The molecule has 6 heavy (non-hydrogen) atoms. The summed E-state index contributed by atoms with van der Waals surface area (Å²) >= 11 is -3.29. The molecule has 0 aliphatic carbocycles. The Labute approximate surface area is 68.2 Å². The molecule has 0 aliphatic heterocycles. The molecule has 34 valence electrons. The van der Waals surface area contributed by atoms with Crippen LogP contribution in [0.5, 0.6) is 0 Å². The fourth-order valence-corrected chi connectivity index (χ4v) is 0.